The van der Waals surface area contributed by atoms with Gasteiger partial charge in [0.05, 0.1) is 6.61 Å². The Morgan fingerprint density at radius 1 is 1.47 bits per heavy atom. The summed E-state index contributed by atoms with van der Waals surface area (Å²) in [6, 6.07) is 2.99. The second-order valence-corrected chi connectivity index (χ2v) is 5.78. The SMILES string of the molecule is COC[C@@H](NS(=O)(=O)N(C)C)c1ccc(C)o1. The van der Waals surface area contributed by atoms with E-state index in [1.807, 2.05) is 0 Å². The summed E-state index contributed by atoms with van der Waals surface area (Å²) >= 11 is 0. The highest BCUT2D eigenvalue weighted by atomic mass is 32.2. The summed E-state index contributed by atoms with van der Waals surface area (Å²) in [6.07, 6.45) is 0. The fraction of sp³-hybridized carbons (Fsp3) is 0.600. The Morgan fingerprint density at radius 3 is 2.53 bits per heavy atom. The van der Waals surface area contributed by atoms with Crippen LogP contribution in [0.5, 0.6) is 0 Å². The summed E-state index contributed by atoms with van der Waals surface area (Å²) in [5.74, 6) is 1.26. The lowest BCUT2D eigenvalue weighted by molar-refractivity contribution is 0.165. The van der Waals surface area contributed by atoms with Crippen LogP contribution < -0.4 is 4.72 Å². The second kappa shape index (κ2) is 5.63. The van der Waals surface area contributed by atoms with Gasteiger partial charge in [0.25, 0.3) is 10.2 Å². The summed E-state index contributed by atoms with van der Waals surface area (Å²) in [5.41, 5.74) is 0. The van der Waals surface area contributed by atoms with Crippen molar-refractivity contribution in [3.63, 3.8) is 0 Å². The van der Waals surface area contributed by atoms with Crippen molar-refractivity contribution in [3.8, 4) is 0 Å². The monoisotopic (exact) mass is 262 g/mol. The van der Waals surface area contributed by atoms with Crippen molar-refractivity contribution in [1.82, 2.24) is 9.03 Å². The van der Waals surface area contributed by atoms with Gasteiger partial charge in [-0.1, -0.05) is 0 Å². The molecule has 0 aliphatic rings. The standard InChI is InChI=1S/C10H18N2O4S/c1-8-5-6-10(16-8)9(7-15-4)11-17(13,14)12(2)3/h5-6,9,11H,7H2,1-4H3/t9-/m1/s1. The lowest BCUT2D eigenvalue weighted by atomic mass is 10.2. The van der Waals surface area contributed by atoms with Gasteiger partial charge in [-0.3, -0.25) is 0 Å². The van der Waals surface area contributed by atoms with Gasteiger partial charge in [-0.15, -0.1) is 0 Å². The highest BCUT2D eigenvalue weighted by Crippen LogP contribution is 2.17. The van der Waals surface area contributed by atoms with E-state index in [-0.39, 0.29) is 6.61 Å². The number of nitrogens with one attached hydrogen (secondary N) is 1. The molecule has 0 amide bonds. The molecule has 6 nitrogen and oxygen atoms in total. The summed E-state index contributed by atoms with van der Waals surface area (Å²) in [4.78, 5) is 0. The predicted molar refractivity (Wildman–Crippen MR) is 63.8 cm³/mol. The van der Waals surface area contributed by atoms with Gasteiger partial charge >= 0.3 is 0 Å². The number of furan rings is 1. The molecule has 1 rings (SSSR count). The Hall–Kier alpha value is -0.890. The molecule has 98 valence electrons. The van der Waals surface area contributed by atoms with Crippen LogP contribution in [0.3, 0.4) is 0 Å². The normalized spacial score (nSPS) is 14.2. The van der Waals surface area contributed by atoms with Gasteiger partial charge in [0.1, 0.15) is 17.6 Å². The van der Waals surface area contributed by atoms with E-state index < -0.39 is 16.3 Å². The molecular formula is C10H18N2O4S. The smallest absolute Gasteiger partial charge is 0.279 e. The number of nitrogens with zero attached hydrogens (tertiary/aromatic N) is 1. The molecule has 1 aromatic rings. The zero-order chi connectivity index (χ0) is 13.1. The molecule has 0 aliphatic carbocycles. The number of methoxy groups -OCH3 is 1. The van der Waals surface area contributed by atoms with E-state index >= 15 is 0 Å². The Balaban J connectivity index is 2.88. The topological polar surface area (TPSA) is 71.8 Å². The molecule has 17 heavy (non-hydrogen) atoms. The molecule has 7 heteroatoms. The summed E-state index contributed by atoms with van der Waals surface area (Å²) in [5, 5.41) is 0. The Bertz CT molecular complexity index is 453. The van der Waals surface area contributed by atoms with E-state index in [2.05, 4.69) is 4.72 Å². The van der Waals surface area contributed by atoms with Gasteiger partial charge in [-0.2, -0.15) is 17.4 Å². The molecule has 1 atom stereocenters. The van der Waals surface area contributed by atoms with Crippen LogP contribution in [0.4, 0.5) is 0 Å². The molecule has 0 unspecified atom stereocenters. The van der Waals surface area contributed by atoms with Crippen LogP contribution in [0.15, 0.2) is 16.5 Å². The molecular weight excluding hydrogens is 244 g/mol. The van der Waals surface area contributed by atoms with Crippen LogP contribution in [0.2, 0.25) is 0 Å². The van der Waals surface area contributed by atoms with Gasteiger partial charge in [-0.05, 0) is 19.1 Å². The van der Waals surface area contributed by atoms with Gasteiger partial charge in [0, 0.05) is 21.2 Å². The maximum absolute atomic E-state index is 11.7. The number of aryl methyl sites for hydroxylation is 1. The second-order valence-electron chi connectivity index (χ2n) is 3.86. The molecule has 1 N–H and O–H groups in total. The molecule has 0 radical (unpaired) electrons. The van der Waals surface area contributed by atoms with E-state index in [4.69, 9.17) is 9.15 Å². The summed E-state index contributed by atoms with van der Waals surface area (Å²) in [6.45, 7) is 2.01. The van der Waals surface area contributed by atoms with Crippen molar-refractivity contribution in [3.05, 3.63) is 23.7 Å². The highest BCUT2D eigenvalue weighted by molar-refractivity contribution is 7.87. The first-order chi connectivity index (χ1) is 7.86. The molecule has 0 fully saturated rings. The summed E-state index contributed by atoms with van der Waals surface area (Å²) < 4.78 is 37.4. The fourth-order valence-electron chi connectivity index (χ4n) is 1.27. The van der Waals surface area contributed by atoms with Crippen molar-refractivity contribution in [2.24, 2.45) is 0 Å². The first-order valence-corrected chi connectivity index (χ1v) is 6.56. The number of rotatable bonds is 6. The Morgan fingerprint density at radius 2 is 2.12 bits per heavy atom. The van der Waals surface area contributed by atoms with Crippen LogP contribution in [-0.2, 0) is 14.9 Å². The predicted octanol–water partition coefficient (Wildman–Crippen LogP) is 0.672. The maximum Gasteiger partial charge on any atom is 0.279 e. The fourth-order valence-corrected chi connectivity index (χ4v) is 2.02. The van der Waals surface area contributed by atoms with Crippen LogP contribution in [-0.4, -0.2) is 40.5 Å². The van der Waals surface area contributed by atoms with Crippen molar-refractivity contribution >= 4 is 10.2 Å². The van der Waals surface area contributed by atoms with Crippen LogP contribution in [0, 0.1) is 6.92 Å². The van der Waals surface area contributed by atoms with Crippen LogP contribution in [0.1, 0.15) is 17.6 Å². The molecule has 0 bridgehead atoms. The van der Waals surface area contributed by atoms with Crippen molar-refractivity contribution in [2.45, 2.75) is 13.0 Å². The van der Waals surface area contributed by atoms with E-state index in [0.717, 1.165) is 10.1 Å². The molecule has 0 aromatic carbocycles. The first kappa shape index (κ1) is 14.2. The van der Waals surface area contributed by atoms with E-state index in [9.17, 15) is 8.42 Å². The van der Waals surface area contributed by atoms with Crippen LogP contribution >= 0.6 is 0 Å². The molecule has 0 spiro atoms. The number of ether oxygens (including phenoxy) is 1. The molecule has 0 saturated heterocycles. The third kappa shape index (κ3) is 3.81. The minimum Gasteiger partial charge on any atom is -0.465 e. The molecule has 0 aliphatic heterocycles. The van der Waals surface area contributed by atoms with E-state index in [0.29, 0.717) is 5.76 Å². The summed E-state index contributed by atoms with van der Waals surface area (Å²) in [7, 11) is 0.907. The minimum atomic E-state index is -3.52. The van der Waals surface area contributed by atoms with Gasteiger partial charge < -0.3 is 9.15 Å². The average molecular weight is 262 g/mol. The Labute approximate surface area is 102 Å². The van der Waals surface area contributed by atoms with Gasteiger partial charge in [0.2, 0.25) is 0 Å². The minimum absolute atomic E-state index is 0.208. The average Bonchev–Trinajstić information content (AvgIpc) is 2.63. The largest absolute Gasteiger partial charge is 0.465 e. The van der Waals surface area contributed by atoms with Crippen molar-refractivity contribution in [2.75, 3.05) is 27.8 Å². The van der Waals surface area contributed by atoms with Crippen molar-refractivity contribution < 1.29 is 17.6 Å². The van der Waals surface area contributed by atoms with Gasteiger partial charge in [-0.25, -0.2) is 0 Å². The zero-order valence-corrected chi connectivity index (χ0v) is 11.2. The number of hydrogen-bond acceptors (Lipinski definition) is 4. The van der Waals surface area contributed by atoms with Crippen molar-refractivity contribution in [1.29, 1.82) is 0 Å². The highest BCUT2D eigenvalue weighted by Gasteiger charge is 2.23. The third-order valence-electron chi connectivity index (χ3n) is 2.21. The maximum atomic E-state index is 11.7. The third-order valence-corrected chi connectivity index (χ3v) is 3.75. The lowest BCUT2D eigenvalue weighted by Gasteiger charge is -2.19. The van der Waals surface area contributed by atoms with Crippen LogP contribution in [0.25, 0.3) is 0 Å². The van der Waals surface area contributed by atoms with E-state index in [1.165, 1.54) is 21.2 Å². The number of hydrogen-bond donors (Lipinski definition) is 1. The Kier molecular flexibility index (Phi) is 4.70. The lowest BCUT2D eigenvalue weighted by Crippen LogP contribution is -2.39. The molecule has 0 saturated carbocycles. The van der Waals surface area contributed by atoms with E-state index in [1.54, 1.807) is 19.1 Å². The molecule has 1 aromatic heterocycles. The molecule has 1 heterocycles. The zero-order valence-electron chi connectivity index (χ0n) is 10.4. The first-order valence-electron chi connectivity index (χ1n) is 5.12. The quantitative estimate of drug-likeness (QED) is 0.818. The van der Waals surface area contributed by atoms with Gasteiger partial charge in [0.15, 0.2) is 0 Å².